The summed E-state index contributed by atoms with van der Waals surface area (Å²) < 4.78 is 0. The summed E-state index contributed by atoms with van der Waals surface area (Å²) in [6, 6.07) is 0.864. The number of nitrogens with one attached hydrogen (secondary N) is 1. The highest BCUT2D eigenvalue weighted by Gasteiger charge is 2.53. The van der Waals surface area contributed by atoms with Gasteiger partial charge in [0, 0.05) is 6.04 Å². The van der Waals surface area contributed by atoms with Crippen LogP contribution < -0.4 is 5.32 Å². The van der Waals surface area contributed by atoms with Crippen molar-refractivity contribution in [3.05, 3.63) is 0 Å². The molecule has 0 aromatic heterocycles. The third-order valence-electron chi connectivity index (χ3n) is 5.37. The average Bonchev–Trinajstić information content (AvgIpc) is 2.91. The lowest BCUT2D eigenvalue weighted by molar-refractivity contribution is 0.248. The lowest BCUT2D eigenvalue weighted by Gasteiger charge is -2.30. The summed E-state index contributed by atoms with van der Waals surface area (Å²) in [7, 11) is 2.19. The number of hydrogen-bond donors (Lipinski definition) is 1. The molecule has 0 spiro atoms. The van der Waals surface area contributed by atoms with Crippen molar-refractivity contribution < 1.29 is 0 Å². The maximum absolute atomic E-state index is 3.62. The molecule has 0 radical (unpaired) electrons. The first-order valence-electron chi connectivity index (χ1n) is 7.07. The minimum Gasteiger partial charge on any atom is -0.317 e. The highest BCUT2D eigenvalue weighted by molar-refractivity contribution is 5.04. The van der Waals surface area contributed by atoms with Crippen LogP contribution in [-0.4, -0.2) is 13.1 Å². The van der Waals surface area contributed by atoms with E-state index in [1.807, 2.05) is 0 Å². The van der Waals surface area contributed by atoms with Crippen molar-refractivity contribution >= 4 is 0 Å². The fourth-order valence-electron chi connectivity index (χ4n) is 4.20. The second-order valence-corrected chi connectivity index (χ2v) is 6.12. The van der Waals surface area contributed by atoms with Gasteiger partial charge in [-0.25, -0.2) is 0 Å². The maximum Gasteiger partial charge on any atom is 0.0100 e. The average molecular weight is 207 g/mol. The molecule has 1 nitrogen and oxygen atoms in total. The molecule has 3 fully saturated rings. The molecule has 0 bridgehead atoms. The van der Waals surface area contributed by atoms with E-state index in [2.05, 4.69) is 12.4 Å². The van der Waals surface area contributed by atoms with Gasteiger partial charge in [-0.05, 0) is 50.0 Å². The van der Waals surface area contributed by atoms with E-state index in [0.717, 1.165) is 29.7 Å². The van der Waals surface area contributed by atoms with Gasteiger partial charge in [-0.15, -0.1) is 0 Å². The zero-order valence-electron chi connectivity index (χ0n) is 10.0. The normalized spacial score (nSPS) is 41.8. The van der Waals surface area contributed by atoms with E-state index in [4.69, 9.17) is 0 Å². The molecular formula is C14H25N. The molecule has 3 unspecified atom stereocenters. The first-order chi connectivity index (χ1) is 7.40. The number of hydrogen-bond acceptors (Lipinski definition) is 1. The van der Waals surface area contributed by atoms with E-state index >= 15 is 0 Å². The minimum atomic E-state index is 0.864. The van der Waals surface area contributed by atoms with E-state index < -0.39 is 0 Å². The molecular weight excluding hydrogens is 182 g/mol. The summed E-state index contributed by atoms with van der Waals surface area (Å²) in [4.78, 5) is 0. The number of fused-ring (bicyclic) bond motifs is 1. The third kappa shape index (κ3) is 1.84. The molecule has 0 saturated heterocycles. The molecule has 3 aliphatic rings. The topological polar surface area (TPSA) is 12.0 Å². The summed E-state index contributed by atoms with van der Waals surface area (Å²) in [6.45, 7) is 0. The van der Waals surface area contributed by atoms with E-state index in [0.29, 0.717) is 0 Å². The van der Waals surface area contributed by atoms with E-state index in [-0.39, 0.29) is 0 Å². The Kier molecular flexibility index (Phi) is 2.76. The lowest BCUT2D eigenvalue weighted by atomic mass is 9.79. The van der Waals surface area contributed by atoms with Gasteiger partial charge in [0.05, 0.1) is 0 Å². The Labute approximate surface area is 94.0 Å². The third-order valence-corrected chi connectivity index (χ3v) is 5.37. The van der Waals surface area contributed by atoms with Crippen LogP contribution in [0.5, 0.6) is 0 Å². The van der Waals surface area contributed by atoms with Crippen LogP contribution in [0.25, 0.3) is 0 Å². The van der Waals surface area contributed by atoms with Crippen LogP contribution in [0.15, 0.2) is 0 Å². The molecule has 1 N–H and O–H groups in total. The molecule has 3 aliphatic carbocycles. The molecule has 0 aliphatic heterocycles. The quantitative estimate of drug-likeness (QED) is 0.746. The standard InChI is InChI=1S/C14H25N/c1-15-13(9-10-5-4-6-10)14-11-7-2-3-8-12(11)14/h10-15H,2-9H2,1H3. The summed E-state index contributed by atoms with van der Waals surface area (Å²) in [5.41, 5.74) is 0. The predicted molar refractivity (Wildman–Crippen MR) is 63.7 cm³/mol. The zero-order valence-corrected chi connectivity index (χ0v) is 10.0. The highest BCUT2D eigenvalue weighted by atomic mass is 14.9. The van der Waals surface area contributed by atoms with Crippen LogP contribution in [0, 0.1) is 23.7 Å². The van der Waals surface area contributed by atoms with Gasteiger partial charge in [0.25, 0.3) is 0 Å². The Bertz CT molecular complexity index is 209. The molecule has 3 saturated carbocycles. The fourth-order valence-corrected chi connectivity index (χ4v) is 4.20. The zero-order chi connectivity index (χ0) is 10.3. The summed E-state index contributed by atoms with van der Waals surface area (Å²) in [5.74, 6) is 4.38. The van der Waals surface area contributed by atoms with Gasteiger partial charge in [-0.1, -0.05) is 32.1 Å². The van der Waals surface area contributed by atoms with Crippen LogP contribution in [0.1, 0.15) is 51.4 Å². The van der Waals surface area contributed by atoms with Crippen LogP contribution >= 0.6 is 0 Å². The van der Waals surface area contributed by atoms with Crippen LogP contribution in [-0.2, 0) is 0 Å². The number of rotatable bonds is 4. The highest BCUT2D eigenvalue weighted by Crippen LogP contribution is 2.58. The summed E-state index contributed by atoms with van der Waals surface area (Å²) in [6.07, 6.45) is 12.1. The van der Waals surface area contributed by atoms with Crippen LogP contribution in [0.3, 0.4) is 0 Å². The van der Waals surface area contributed by atoms with Gasteiger partial charge < -0.3 is 5.32 Å². The van der Waals surface area contributed by atoms with Gasteiger partial charge in [0.2, 0.25) is 0 Å². The molecule has 0 aromatic carbocycles. The van der Waals surface area contributed by atoms with Crippen LogP contribution in [0.2, 0.25) is 0 Å². The van der Waals surface area contributed by atoms with Gasteiger partial charge in [-0.2, -0.15) is 0 Å². The van der Waals surface area contributed by atoms with E-state index in [9.17, 15) is 0 Å². The van der Waals surface area contributed by atoms with Crippen molar-refractivity contribution in [2.75, 3.05) is 7.05 Å². The van der Waals surface area contributed by atoms with Crippen molar-refractivity contribution in [2.45, 2.75) is 57.4 Å². The first-order valence-corrected chi connectivity index (χ1v) is 7.07. The Balaban J connectivity index is 1.54. The Hall–Kier alpha value is -0.0400. The first kappa shape index (κ1) is 10.1. The van der Waals surface area contributed by atoms with Gasteiger partial charge in [-0.3, -0.25) is 0 Å². The molecule has 86 valence electrons. The smallest absolute Gasteiger partial charge is 0.0100 e. The molecule has 0 amide bonds. The largest absolute Gasteiger partial charge is 0.317 e. The Morgan fingerprint density at radius 1 is 1.00 bits per heavy atom. The van der Waals surface area contributed by atoms with Crippen molar-refractivity contribution in [1.82, 2.24) is 5.32 Å². The SMILES string of the molecule is CNC(CC1CCC1)C1C2CCCCC21. The van der Waals surface area contributed by atoms with E-state index in [1.54, 1.807) is 0 Å². The molecule has 0 heterocycles. The van der Waals surface area contributed by atoms with Crippen molar-refractivity contribution in [3.8, 4) is 0 Å². The van der Waals surface area contributed by atoms with Crippen molar-refractivity contribution in [1.29, 1.82) is 0 Å². The van der Waals surface area contributed by atoms with Gasteiger partial charge >= 0.3 is 0 Å². The lowest BCUT2D eigenvalue weighted by Crippen LogP contribution is -2.32. The van der Waals surface area contributed by atoms with Gasteiger partial charge in [0.1, 0.15) is 0 Å². The van der Waals surface area contributed by atoms with Crippen molar-refractivity contribution in [3.63, 3.8) is 0 Å². The van der Waals surface area contributed by atoms with Crippen LogP contribution in [0.4, 0.5) is 0 Å². The van der Waals surface area contributed by atoms with Crippen molar-refractivity contribution in [2.24, 2.45) is 23.7 Å². The summed E-state index contributed by atoms with van der Waals surface area (Å²) >= 11 is 0. The Morgan fingerprint density at radius 3 is 2.13 bits per heavy atom. The fraction of sp³-hybridized carbons (Fsp3) is 1.00. The maximum atomic E-state index is 3.62. The second kappa shape index (κ2) is 4.08. The molecule has 3 rings (SSSR count). The van der Waals surface area contributed by atoms with E-state index in [1.165, 1.54) is 51.4 Å². The molecule has 0 aromatic rings. The monoisotopic (exact) mass is 207 g/mol. The summed E-state index contributed by atoms with van der Waals surface area (Å²) in [5, 5.41) is 3.62. The molecule has 1 heteroatoms. The molecule has 15 heavy (non-hydrogen) atoms. The second-order valence-electron chi connectivity index (χ2n) is 6.12. The predicted octanol–water partition coefficient (Wildman–Crippen LogP) is 3.20. The Morgan fingerprint density at radius 2 is 1.67 bits per heavy atom. The van der Waals surface area contributed by atoms with Gasteiger partial charge in [0.15, 0.2) is 0 Å². The molecule has 3 atom stereocenters. The minimum absolute atomic E-state index is 0.864.